The van der Waals surface area contributed by atoms with E-state index in [1.54, 1.807) is 17.3 Å². The van der Waals surface area contributed by atoms with Crippen LogP contribution >= 0.6 is 0 Å². The number of likely N-dealkylation sites (tertiary alicyclic amines) is 1. The SMILES string of the molecule is CC1C(C(=O)O)CCN1C(=O)CCc1ccncc1. The smallest absolute Gasteiger partial charge is 0.308 e. The zero-order valence-corrected chi connectivity index (χ0v) is 11.0. The van der Waals surface area contributed by atoms with Crippen molar-refractivity contribution in [1.29, 1.82) is 0 Å². The first-order valence-electron chi connectivity index (χ1n) is 6.51. The highest BCUT2D eigenvalue weighted by Crippen LogP contribution is 2.25. The molecule has 0 saturated carbocycles. The van der Waals surface area contributed by atoms with Crippen LogP contribution in [0.2, 0.25) is 0 Å². The first-order chi connectivity index (χ1) is 9.09. The van der Waals surface area contributed by atoms with E-state index in [9.17, 15) is 9.59 Å². The van der Waals surface area contributed by atoms with Gasteiger partial charge in [0.05, 0.1) is 5.92 Å². The number of amides is 1. The largest absolute Gasteiger partial charge is 0.481 e. The molecular weight excluding hydrogens is 244 g/mol. The van der Waals surface area contributed by atoms with Gasteiger partial charge >= 0.3 is 5.97 Å². The Labute approximate surface area is 112 Å². The minimum Gasteiger partial charge on any atom is -0.481 e. The van der Waals surface area contributed by atoms with Crippen molar-refractivity contribution < 1.29 is 14.7 Å². The quantitative estimate of drug-likeness (QED) is 0.888. The van der Waals surface area contributed by atoms with Crippen molar-refractivity contribution in [2.75, 3.05) is 6.54 Å². The van der Waals surface area contributed by atoms with E-state index in [0.29, 0.717) is 25.8 Å². The first-order valence-corrected chi connectivity index (χ1v) is 6.51. The van der Waals surface area contributed by atoms with Gasteiger partial charge in [-0.2, -0.15) is 0 Å². The van der Waals surface area contributed by atoms with Gasteiger partial charge < -0.3 is 10.0 Å². The lowest BCUT2D eigenvalue weighted by Gasteiger charge is -2.23. The molecule has 0 bridgehead atoms. The van der Waals surface area contributed by atoms with Crippen LogP contribution in [-0.2, 0) is 16.0 Å². The second kappa shape index (κ2) is 5.82. The van der Waals surface area contributed by atoms with Crippen molar-refractivity contribution in [3.05, 3.63) is 30.1 Å². The maximum Gasteiger partial charge on any atom is 0.308 e. The third-order valence-electron chi connectivity index (χ3n) is 3.77. The molecule has 1 amide bonds. The number of carbonyl (C=O) groups excluding carboxylic acids is 1. The summed E-state index contributed by atoms with van der Waals surface area (Å²) in [6.07, 6.45) is 5.05. The number of pyridine rings is 1. The van der Waals surface area contributed by atoms with Gasteiger partial charge in [-0.05, 0) is 37.5 Å². The van der Waals surface area contributed by atoms with Gasteiger partial charge in [-0.25, -0.2) is 0 Å². The Morgan fingerprint density at radius 2 is 2.11 bits per heavy atom. The van der Waals surface area contributed by atoms with Crippen LogP contribution in [0.4, 0.5) is 0 Å². The molecule has 5 nitrogen and oxygen atoms in total. The normalized spacial score (nSPS) is 22.5. The van der Waals surface area contributed by atoms with Gasteiger partial charge in [0.2, 0.25) is 5.91 Å². The van der Waals surface area contributed by atoms with E-state index in [0.717, 1.165) is 5.56 Å². The minimum absolute atomic E-state index is 0.0352. The van der Waals surface area contributed by atoms with Crippen molar-refractivity contribution >= 4 is 11.9 Å². The summed E-state index contributed by atoms with van der Waals surface area (Å²) in [6.45, 7) is 2.36. The van der Waals surface area contributed by atoms with Gasteiger partial charge in [0.15, 0.2) is 0 Å². The van der Waals surface area contributed by atoms with E-state index in [4.69, 9.17) is 5.11 Å². The summed E-state index contributed by atoms with van der Waals surface area (Å²) in [4.78, 5) is 28.8. The number of rotatable bonds is 4. The fourth-order valence-electron chi connectivity index (χ4n) is 2.57. The van der Waals surface area contributed by atoms with E-state index in [-0.39, 0.29) is 11.9 Å². The van der Waals surface area contributed by atoms with Gasteiger partial charge in [0, 0.05) is 31.4 Å². The number of carboxylic acids is 1. The third kappa shape index (κ3) is 3.10. The molecule has 5 heteroatoms. The molecule has 1 N–H and O–H groups in total. The van der Waals surface area contributed by atoms with Crippen LogP contribution in [0.3, 0.4) is 0 Å². The molecule has 2 unspecified atom stereocenters. The summed E-state index contributed by atoms with van der Waals surface area (Å²) in [5.74, 6) is -1.20. The fraction of sp³-hybridized carbons (Fsp3) is 0.500. The molecule has 1 aromatic rings. The number of aromatic nitrogens is 1. The van der Waals surface area contributed by atoms with Crippen LogP contribution in [0, 0.1) is 5.92 Å². The molecule has 2 heterocycles. The third-order valence-corrected chi connectivity index (χ3v) is 3.77. The minimum atomic E-state index is -0.808. The molecule has 102 valence electrons. The van der Waals surface area contributed by atoms with Crippen molar-refractivity contribution in [2.24, 2.45) is 5.92 Å². The molecule has 0 aromatic carbocycles. The van der Waals surface area contributed by atoms with E-state index >= 15 is 0 Å². The Hall–Kier alpha value is -1.91. The molecule has 19 heavy (non-hydrogen) atoms. The highest BCUT2D eigenvalue weighted by atomic mass is 16.4. The monoisotopic (exact) mass is 262 g/mol. The Morgan fingerprint density at radius 3 is 2.68 bits per heavy atom. The number of aryl methyl sites for hydroxylation is 1. The molecule has 1 aliphatic rings. The van der Waals surface area contributed by atoms with Crippen LogP contribution in [0.1, 0.15) is 25.3 Å². The van der Waals surface area contributed by atoms with Gasteiger partial charge in [-0.15, -0.1) is 0 Å². The summed E-state index contributed by atoms with van der Waals surface area (Å²) in [5.41, 5.74) is 1.07. The van der Waals surface area contributed by atoms with Gasteiger partial charge in [-0.1, -0.05) is 0 Å². The molecule has 0 aliphatic carbocycles. The lowest BCUT2D eigenvalue weighted by atomic mass is 10.0. The first kappa shape index (κ1) is 13.5. The summed E-state index contributed by atoms with van der Waals surface area (Å²) in [7, 11) is 0. The fourth-order valence-corrected chi connectivity index (χ4v) is 2.57. The summed E-state index contributed by atoms with van der Waals surface area (Å²) >= 11 is 0. The molecule has 1 aliphatic heterocycles. The van der Waals surface area contributed by atoms with Crippen LogP contribution in [-0.4, -0.2) is 39.5 Å². The predicted octanol–water partition coefficient (Wildman–Crippen LogP) is 1.34. The Bertz CT molecular complexity index is 461. The van der Waals surface area contributed by atoms with Crippen LogP contribution in [0.15, 0.2) is 24.5 Å². The molecule has 1 saturated heterocycles. The summed E-state index contributed by atoms with van der Waals surface area (Å²) in [5, 5.41) is 9.05. The van der Waals surface area contributed by atoms with Crippen molar-refractivity contribution in [3.8, 4) is 0 Å². The maximum absolute atomic E-state index is 12.1. The Morgan fingerprint density at radius 1 is 1.42 bits per heavy atom. The van der Waals surface area contributed by atoms with Crippen molar-refractivity contribution in [1.82, 2.24) is 9.88 Å². The number of aliphatic carboxylic acids is 1. The molecule has 2 rings (SSSR count). The van der Waals surface area contributed by atoms with E-state index in [1.807, 2.05) is 19.1 Å². The van der Waals surface area contributed by atoms with Gasteiger partial charge in [-0.3, -0.25) is 14.6 Å². The highest BCUT2D eigenvalue weighted by molar-refractivity contribution is 5.79. The van der Waals surface area contributed by atoms with Gasteiger partial charge in [0.1, 0.15) is 0 Å². The molecular formula is C14H18N2O3. The molecule has 2 atom stereocenters. The summed E-state index contributed by atoms with van der Waals surface area (Å²) in [6, 6.07) is 3.57. The van der Waals surface area contributed by atoms with Crippen LogP contribution in [0.25, 0.3) is 0 Å². The Kier molecular flexibility index (Phi) is 4.14. The van der Waals surface area contributed by atoms with E-state index in [1.165, 1.54) is 0 Å². The Balaban J connectivity index is 1.89. The van der Waals surface area contributed by atoms with Crippen molar-refractivity contribution in [3.63, 3.8) is 0 Å². The molecule has 1 fully saturated rings. The number of carboxylic acid groups (broad SMARTS) is 1. The average Bonchev–Trinajstić information content (AvgIpc) is 2.79. The highest BCUT2D eigenvalue weighted by Gasteiger charge is 2.37. The number of carbonyl (C=O) groups is 2. The van der Waals surface area contributed by atoms with Gasteiger partial charge in [0.25, 0.3) is 0 Å². The molecule has 0 radical (unpaired) electrons. The van der Waals surface area contributed by atoms with Crippen LogP contribution < -0.4 is 0 Å². The second-order valence-corrected chi connectivity index (χ2v) is 4.92. The van der Waals surface area contributed by atoms with E-state index < -0.39 is 11.9 Å². The molecule has 1 aromatic heterocycles. The maximum atomic E-state index is 12.1. The van der Waals surface area contributed by atoms with Crippen molar-refractivity contribution in [2.45, 2.75) is 32.2 Å². The zero-order chi connectivity index (χ0) is 13.8. The number of nitrogens with zero attached hydrogens (tertiary/aromatic N) is 2. The average molecular weight is 262 g/mol. The van der Waals surface area contributed by atoms with E-state index in [2.05, 4.69) is 4.98 Å². The predicted molar refractivity (Wildman–Crippen MR) is 69.5 cm³/mol. The number of hydrogen-bond acceptors (Lipinski definition) is 3. The lowest BCUT2D eigenvalue weighted by Crippen LogP contribution is -2.37. The van der Waals surface area contributed by atoms with Crippen LogP contribution in [0.5, 0.6) is 0 Å². The standard InChI is InChI=1S/C14H18N2O3/c1-10-12(14(18)19)6-9-16(10)13(17)3-2-11-4-7-15-8-5-11/h4-5,7-8,10,12H,2-3,6,9H2,1H3,(H,18,19). The lowest BCUT2D eigenvalue weighted by molar-refractivity contribution is -0.143. The molecule has 0 spiro atoms. The second-order valence-electron chi connectivity index (χ2n) is 4.92. The zero-order valence-electron chi connectivity index (χ0n) is 11.0. The summed E-state index contributed by atoms with van der Waals surface area (Å²) < 4.78 is 0. The topological polar surface area (TPSA) is 70.5 Å². The number of hydrogen-bond donors (Lipinski definition) is 1.